The van der Waals surface area contributed by atoms with E-state index in [-0.39, 0.29) is 13.0 Å². The van der Waals surface area contributed by atoms with Crippen LogP contribution in [0, 0.1) is 0 Å². The van der Waals surface area contributed by atoms with Crippen molar-refractivity contribution in [1.29, 1.82) is 0 Å². The molecule has 2 nitrogen and oxygen atoms in total. The predicted octanol–water partition coefficient (Wildman–Crippen LogP) is 2.28. The Bertz CT molecular complexity index is 177. The number of aliphatic hydroxyl groups excluding tert-OH is 1. The molecule has 0 fully saturated rings. The number of aliphatic hydroxyl groups is 1. The maximum atomic E-state index is 11.6. The summed E-state index contributed by atoms with van der Waals surface area (Å²) in [6.45, 7) is 3.88. The van der Waals surface area contributed by atoms with E-state index in [1.54, 1.807) is 0 Å². The molecule has 0 aromatic carbocycles. The minimum atomic E-state index is -4.33. The molecule has 0 heterocycles. The van der Waals surface area contributed by atoms with Gasteiger partial charge in [-0.3, -0.25) is 0 Å². The van der Waals surface area contributed by atoms with Gasteiger partial charge >= 0.3 is 6.18 Å². The molecule has 0 aliphatic heterocycles. The Kier molecular flexibility index (Phi) is 5.79. The van der Waals surface area contributed by atoms with Crippen molar-refractivity contribution in [2.24, 2.45) is 0 Å². The van der Waals surface area contributed by atoms with E-state index < -0.39 is 18.9 Å². The van der Waals surface area contributed by atoms with Crippen molar-refractivity contribution in [2.45, 2.75) is 32.0 Å². The third kappa shape index (κ3) is 8.07. The smallest absolute Gasteiger partial charge is 0.390 e. The van der Waals surface area contributed by atoms with Gasteiger partial charge in [0.1, 0.15) is 6.61 Å². The van der Waals surface area contributed by atoms with Gasteiger partial charge in [-0.15, -0.1) is 0 Å². The second-order valence-electron chi connectivity index (χ2n) is 3.09. The molecule has 5 heteroatoms. The molecule has 0 saturated carbocycles. The molecule has 1 atom stereocenters. The highest BCUT2D eigenvalue weighted by Gasteiger charge is 2.27. The van der Waals surface area contributed by atoms with Crippen LogP contribution in [-0.2, 0) is 4.74 Å². The molecule has 0 aliphatic rings. The van der Waals surface area contributed by atoms with Crippen molar-refractivity contribution in [3.63, 3.8) is 0 Å². The van der Waals surface area contributed by atoms with Crippen LogP contribution in [0.4, 0.5) is 13.2 Å². The van der Waals surface area contributed by atoms with Crippen molar-refractivity contribution in [1.82, 2.24) is 0 Å². The lowest BCUT2D eigenvalue weighted by molar-refractivity contribution is -0.179. The van der Waals surface area contributed by atoms with Crippen LogP contribution in [0.3, 0.4) is 0 Å². The van der Waals surface area contributed by atoms with Gasteiger partial charge in [-0.05, 0) is 12.8 Å². The molecule has 0 bridgehead atoms. The number of rotatable bonds is 6. The molecule has 0 aliphatic carbocycles. The topological polar surface area (TPSA) is 29.5 Å². The minimum absolute atomic E-state index is 0.286. The molecule has 0 aromatic rings. The molecule has 14 heavy (non-hydrogen) atoms. The maximum Gasteiger partial charge on any atom is 0.411 e. The molecular weight excluding hydrogens is 197 g/mol. The van der Waals surface area contributed by atoms with Gasteiger partial charge < -0.3 is 9.84 Å². The summed E-state index contributed by atoms with van der Waals surface area (Å²) in [7, 11) is 0. The highest BCUT2D eigenvalue weighted by atomic mass is 19.4. The quantitative estimate of drug-likeness (QED) is 0.684. The fourth-order valence-corrected chi connectivity index (χ4v) is 0.847. The van der Waals surface area contributed by atoms with Gasteiger partial charge in [-0.25, -0.2) is 0 Å². The van der Waals surface area contributed by atoms with E-state index in [1.165, 1.54) is 0 Å². The summed E-state index contributed by atoms with van der Waals surface area (Å²) in [6.07, 6.45) is -4.24. The van der Waals surface area contributed by atoms with Gasteiger partial charge in [-0.1, -0.05) is 19.1 Å². The van der Waals surface area contributed by atoms with Gasteiger partial charge in [0, 0.05) is 0 Å². The molecule has 1 N–H and O–H groups in total. The van der Waals surface area contributed by atoms with Crippen molar-refractivity contribution in [2.75, 3.05) is 13.2 Å². The number of ether oxygens (including phenoxy) is 1. The van der Waals surface area contributed by atoms with Crippen LogP contribution < -0.4 is 0 Å². The number of alkyl halides is 3. The van der Waals surface area contributed by atoms with Crippen LogP contribution in [-0.4, -0.2) is 30.6 Å². The Morgan fingerprint density at radius 2 is 2.07 bits per heavy atom. The van der Waals surface area contributed by atoms with Crippen molar-refractivity contribution >= 4 is 0 Å². The first-order valence-electron chi connectivity index (χ1n) is 4.34. The van der Waals surface area contributed by atoms with Gasteiger partial charge in [-0.2, -0.15) is 13.2 Å². The fraction of sp³-hybridized carbons (Fsp3) is 0.778. The normalized spacial score (nSPS) is 14.1. The molecule has 0 radical (unpaired) electrons. The Labute approximate surface area is 81.4 Å². The molecule has 0 saturated heterocycles. The van der Waals surface area contributed by atoms with Crippen molar-refractivity contribution in [3.8, 4) is 0 Å². The average molecular weight is 212 g/mol. The van der Waals surface area contributed by atoms with E-state index in [1.807, 2.05) is 6.92 Å². The summed E-state index contributed by atoms with van der Waals surface area (Å²) in [6, 6.07) is 0. The van der Waals surface area contributed by atoms with Crippen molar-refractivity contribution < 1.29 is 23.0 Å². The Hall–Kier alpha value is -0.550. The molecule has 1 unspecified atom stereocenters. The summed E-state index contributed by atoms with van der Waals surface area (Å²) in [5, 5.41) is 9.19. The van der Waals surface area contributed by atoms with Gasteiger partial charge in [0.05, 0.1) is 12.7 Å². The lowest BCUT2D eigenvalue weighted by Gasteiger charge is -2.13. The first-order valence-corrected chi connectivity index (χ1v) is 4.34. The van der Waals surface area contributed by atoms with E-state index in [9.17, 15) is 18.3 Å². The van der Waals surface area contributed by atoms with Gasteiger partial charge in [0.2, 0.25) is 0 Å². The molecule has 84 valence electrons. The monoisotopic (exact) mass is 212 g/mol. The zero-order valence-corrected chi connectivity index (χ0v) is 8.10. The average Bonchev–Trinajstić information content (AvgIpc) is 2.01. The lowest BCUT2D eigenvalue weighted by atomic mass is 10.1. The van der Waals surface area contributed by atoms with Crippen molar-refractivity contribution in [3.05, 3.63) is 12.2 Å². The zero-order chi connectivity index (χ0) is 11.2. The standard InChI is InChI=1S/C9H15F3O2/c1-3-7(2)4-8(13)5-14-6-9(10,11)12/h8,13H,2-6H2,1H3. The van der Waals surface area contributed by atoms with Crippen LogP contribution in [0.1, 0.15) is 19.8 Å². The first-order chi connectivity index (χ1) is 6.35. The SMILES string of the molecule is C=C(CC)CC(O)COCC(F)(F)F. The maximum absolute atomic E-state index is 11.6. The predicted molar refractivity (Wildman–Crippen MR) is 46.9 cm³/mol. The highest BCUT2D eigenvalue weighted by Crippen LogP contribution is 2.15. The van der Waals surface area contributed by atoms with Gasteiger partial charge in [0.25, 0.3) is 0 Å². The largest absolute Gasteiger partial charge is 0.411 e. The molecule has 0 aromatic heterocycles. The summed E-state index contributed by atoms with van der Waals surface area (Å²) < 4.78 is 39.1. The van der Waals surface area contributed by atoms with E-state index in [4.69, 9.17) is 0 Å². The second kappa shape index (κ2) is 6.03. The summed E-state index contributed by atoms with van der Waals surface area (Å²) in [5.74, 6) is 0. The van der Waals surface area contributed by atoms with Crippen LogP contribution in [0.15, 0.2) is 12.2 Å². The Balaban J connectivity index is 3.54. The minimum Gasteiger partial charge on any atom is -0.390 e. The fourth-order valence-electron chi connectivity index (χ4n) is 0.847. The van der Waals surface area contributed by atoms with Crippen LogP contribution >= 0.6 is 0 Å². The van der Waals surface area contributed by atoms with E-state index in [0.29, 0.717) is 6.42 Å². The highest BCUT2D eigenvalue weighted by molar-refractivity contribution is 4.94. The van der Waals surface area contributed by atoms with E-state index in [2.05, 4.69) is 11.3 Å². The molecular formula is C9H15F3O2. The Morgan fingerprint density at radius 1 is 1.50 bits per heavy atom. The van der Waals surface area contributed by atoms with Crippen LogP contribution in [0.2, 0.25) is 0 Å². The Morgan fingerprint density at radius 3 is 2.50 bits per heavy atom. The first kappa shape index (κ1) is 13.4. The van der Waals surface area contributed by atoms with E-state index >= 15 is 0 Å². The summed E-state index contributed by atoms with van der Waals surface area (Å²) in [5.41, 5.74) is 0.799. The third-order valence-electron chi connectivity index (χ3n) is 1.60. The number of hydrogen-bond acceptors (Lipinski definition) is 2. The molecule has 0 amide bonds. The molecule has 0 spiro atoms. The molecule has 0 rings (SSSR count). The zero-order valence-electron chi connectivity index (χ0n) is 8.10. The van der Waals surface area contributed by atoms with Crippen LogP contribution in [0.5, 0.6) is 0 Å². The number of hydrogen-bond donors (Lipinski definition) is 1. The second-order valence-corrected chi connectivity index (χ2v) is 3.09. The third-order valence-corrected chi connectivity index (χ3v) is 1.60. The summed E-state index contributed by atoms with van der Waals surface area (Å²) in [4.78, 5) is 0. The van der Waals surface area contributed by atoms with Crippen LogP contribution in [0.25, 0.3) is 0 Å². The van der Waals surface area contributed by atoms with E-state index in [0.717, 1.165) is 5.57 Å². The van der Waals surface area contributed by atoms with Gasteiger partial charge in [0.15, 0.2) is 0 Å². The summed E-state index contributed by atoms with van der Waals surface area (Å²) >= 11 is 0. The number of halogens is 3. The lowest BCUT2D eigenvalue weighted by Crippen LogP contribution is -2.23.